The molecule has 2 atom stereocenters. The Morgan fingerprint density at radius 1 is 1.62 bits per heavy atom. The summed E-state index contributed by atoms with van der Waals surface area (Å²) in [5.74, 6) is 0. The smallest absolute Gasteiger partial charge is 0.181 e. The Morgan fingerprint density at radius 2 is 2.38 bits per heavy atom. The van der Waals surface area contributed by atoms with Gasteiger partial charge in [0.25, 0.3) is 0 Å². The normalized spacial score (nSPS) is 33.5. The van der Waals surface area contributed by atoms with Crippen LogP contribution in [0, 0.1) is 11.3 Å². The third kappa shape index (κ3) is 0.583. The Kier molecular flexibility index (Phi) is 1.25. The lowest BCUT2D eigenvalue weighted by Crippen LogP contribution is -2.26. The van der Waals surface area contributed by atoms with E-state index in [1.54, 1.807) is 0 Å². The Balaban J connectivity index is 2.45. The summed E-state index contributed by atoms with van der Waals surface area (Å²) in [5, 5.41) is 15.6. The second-order valence-electron chi connectivity index (χ2n) is 1.78. The third-order valence-corrected chi connectivity index (χ3v) is 1.25. The average Bonchev–Trinajstić information content (AvgIpc) is 1.66. The van der Waals surface area contributed by atoms with Crippen molar-refractivity contribution in [3.63, 3.8) is 0 Å². The van der Waals surface area contributed by atoms with Gasteiger partial charge in [0.1, 0.15) is 6.04 Å². The first-order valence-electron chi connectivity index (χ1n) is 2.68. The van der Waals surface area contributed by atoms with Crippen molar-refractivity contribution in [2.75, 3.05) is 0 Å². The molecule has 0 aromatic carbocycles. The lowest BCUT2D eigenvalue weighted by Gasteiger charge is -2.17. The standard InChI is InChI=1S/C5H7N3/c1-2-4-5(3-6)8-7-4/h4-5H,2H2,1H3. The maximum atomic E-state index is 8.28. The Bertz CT molecular complexity index is 144. The molecule has 42 valence electrons. The number of rotatable bonds is 1. The molecule has 8 heavy (non-hydrogen) atoms. The molecule has 3 heteroatoms. The predicted octanol–water partition coefficient (Wildman–Crippen LogP) is 1.12. The number of hydrogen-bond acceptors (Lipinski definition) is 3. The first kappa shape index (κ1) is 5.23. The van der Waals surface area contributed by atoms with Gasteiger partial charge in [-0.2, -0.15) is 15.5 Å². The van der Waals surface area contributed by atoms with Gasteiger partial charge in [-0.1, -0.05) is 6.92 Å². The molecular formula is C5H7N3. The zero-order valence-electron chi connectivity index (χ0n) is 4.70. The summed E-state index contributed by atoms with van der Waals surface area (Å²) in [7, 11) is 0. The van der Waals surface area contributed by atoms with Crippen molar-refractivity contribution < 1.29 is 0 Å². The van der Waals surface area contributed by atoms with Crippen LogP contribution in [0.2, 0.25) is 0 Å². The van der Waals surface area contributed by atoms with Crippen LogP contribution >= 0.6 is 0 Å². The van der Waals surface area contributed by atoms with E-state index in [0.717, 1.165) is 6.42 Å². The highest BCUT2D eigenvalue weighted by Gasteiger charge is 2.25. The van der Waals surface area contributed by atoms with Gasteiger partial charge in [-0.15, -0.1) is 0 Å². The molecule has 0 saturated carbocycles. The molecule has 0 amide bonds. The molecule has 0 aromatic heterocycles. The van der Waals surface area contributed by atoms with Gasteiger partial charge in [0.15, 0.2) is 6.04 Å². The molecule has 3 nitrogen and oxygen atoms in total. The molecule has 0 radical (unpaired) electrons. The van der Waals surface area contributed by atoms with E-state index in [1.807, 2.05) is 13.0 Å². The fourth-order valence-electron chi connectivity index (χ4n) is 0.644. The summed E-state index contributed by atoms with van der Waals surface area (Å²) >= 11 is 0. The third-order valence-electron chi connectivity index (χ3n) is 1.25. The van der Waals surface area contributed by atoms with Crippen molar-refractivity contribution in [1.82, 2.24) is 0 Å². The van der Waals surface area contributed by atoms with Crippen molar-refractivity contribution in [2.45, 2.75) is 25.4 Å². The number of azo groups is 1. The predicted molar refractivity (Wildman–Crippen MR) is 28.3 cm³/mol. The van der Waals surface area contributed by atoms with Crippen LogP contribution in [0.15, 0.2) is 10.2 Å². The maximum Gasteiger partial charge on any atom is 0.181 e. The monoisotopic (exact) mass is 109 g/mol. The molecule has 0 aromatic rings. The highest BCUT2D eigenvalue weighted by Crippen LogP contribution is 2.17. The fraction of sp³-hybridized carbons (Fsp3) is 0.800. The average molecular weight is 109 g/mol. The molecule has 0 N–H and O–H groups in total. The van der Waals surface area contributed by atoms with Gasteiger partial charge in [-0.3, -0.25) is 0 Å². The van der Waals surface area contributed by atoms with Crippen LogP contribution in [-0.4, -0.2) is 12.1 Å². The molecule has 2 unspecified atom stereocenters. The fourth-order valence-corrected chi connectivity index (χ4v) is 0.644. The quantitative estimate of drug-likeness (QED) is 0.497. The number of nitriles is 1. The minimum absolute atomic E-state index is 0.139. The number of hydrogen-bond donors (Lipinski definition) is 0. The molecule has 0 saturated heterocycles. The first-order chi connectivity index (χ1) is 3.88. The van der Waals surface area contributed by atoms with Crippen molar-refractivity contribution in [3.05, 3.63) is 0 Å². The summed E-state index contributed by atoms with van der Waals surface area (Å²) in [6.07, 6.45) is 0.932. The topological polar surface area (TPSA) is 48.5 Å². The largest absolute Gasteiger partial charge is 0.196 e. The van der Waals surface area contributed by atoms with E-state index < -0.39 is 0 Å². The van der Waals surface area contributed by atoms with Crippen LogP contribution in [0.4, 0.5) is 0 Å². The number of nitrogens with zero attached hydrogens (tertiary/aromatic N) is 3. The summed E-state index contributed by atoms with van der Waals surface area (Å²) in [6, 6.07) is 2.10. The zero-order chi connectivity index (χ0) is 5.98. The van der Waals surface area contributed by atoms with Gasteiger partial charge in [-0.25, -0.2) is 0 Å². The van der Waals surface area contributed by atoms with Crippen LogP contribution < -0.4 is 0 Å². The van der Waals surface area contributed by atoms with Crippen LogP contribution in [0.5, 0.6) is 0 Å². The summed E-state index contributed by atoms with van der Waals surface area (Å²) in [4.78, 5) is 0. The molecule has 1 heterocycles. The van der Waals surface area contributed by atoms with Crippen LogP contribution in [0.25, 0.3) is 0 Å². The van der Waals surface area contributed by atoms with Crippen molar-refractivity contribution in [1.29, 1.82) is 5.26 Å². The van der Waals surface area contributed by atoms with Crippen LogP contribution in [0.1, 0.15) is 13.3 Å². The minimum atomic E-state index is -0.139. The molecule has 0 aliphatic carbocycles. The molecule has 0 bridgehead atoms. The summed E-state index contributed by atoms with van der Waals surface area (Å²) < 4.78 is 0. The maximum absolute atomic E-state index is 8.28. The molecule has 1 aliphatic heterocycles. The Labute approximate surface area is 48.0 Å². The van der Waals surface area contributed by atoms with Crippen molar-refractivity contribution in [2.24, 2.45) is 10.2 Å². The van der Waals surface area contributed by atoms with E-state index in [0.29, 0.717) is 0 Å². The first-order valence-corrected chi connectivity index (χ1v) is 2.68. The molecule has 1 aliphatic rings. The van der Waals surface area contributed by atoms with E-state index in [4.69, 9.17) is 5.26 Å². The van der Waals surface area contributed by atoms with Gasteiger partial charge in [0, 0.05) is 0 Å². The lowest BCUT2D eigenvalue weighted by atomic mass is 10.1. The SMILES string of the molecule is CCC1N=NC1C#N. The van der Waals surface area contributed by atoms with E-state index in [-0.39, 0.29) is 12.1 Å². The zero-order valence-corrected chi connectivity index (χ0v) is 4.70. The lowest BCUT2D eigenvalue weighted by molar-refractivity contribution is 0.455. The van der Waals surface area contributed by atoms with Crippen molar-refractivity contribution >= 4 is 0 Å². The Hall–Kier alpha value is -0.910. The van der Waals surface area contributed by atoms with Gasteiger partial charge in [-0.05, 0) is 6.42 Å². The van der Waals surface area contributed by atoms with Crippen LogP contribution in [0.3, 0.4) is 0 Å². The van der Waals surface area contributed by atoms with Crippen LogP contribution in [-0.2, 0) is 0 Å². The van der Waals surface area contributed by atoms with E-state index in [9.17, 15) is 0 Å². The molecule has 0 spiro atoms. The second-order valence-corrected chi connectivity index (χ2v) is 1.78. The van der Waals surface area contributed by atoms with E-state index >= 15 is 0 Å². The van der Waals surface area contributed by atoms with Crippen molar-refractivity contribution in [3.8, 4) is 6.07 Å². The van der Waals surface area contributed by atoms with Gasteiger partial charge in [0.05, 0.1) is 6.07 Å². The van der Waals surface area contributed by atoms with E-state index in [2.05, 4.69) is 10.2 Å². The van der Waals surface area contributed by atoms with Gasteiger partial charge in [0.2, 0.25) is 0 Å². The van der Waals surface area contributed by atoms with E-state index in [1.165, 1.54) is 0 Å². The molecular weight excluding hydrogens is 102 g/mol. The minimum Gasteiger partial charge on any atom is -0.196 e. The highest BCUT2D eigenvalue weighted by molar-refractivity contribution is 5.02. The van der Waals surface area contributed by atoms with Gasteiger partial charge < -0.3 is 0 Å². The molecule has 0 fully saturated rings. The Morgan fingerprint density at radius 3 is 2.50 bits per heavy atom. The second kappa shape index (κ2) is 1.91. The molecule has 1 rings (SSSR count). The highest BCUT2D eigenvalue weighted by atomic mass is 15.2. The van der Waals surface area contributed by atoms with Gasteiger partial charge >= 0.3 is 0 Å². The summed E-state index contributed by atoms with van der Waals surface area (Å²) in [5.41, 5.74) is 0. The summed E-state index contributed by atoms with van der Waals surface area (Å²) in [6.45, 7) is 2.01.